The van der Waals surface area contributed by atoms with Crippen molar-refractivity contribution in [3.05, 3.63) is 17.0 Å². The van der Waals surface area contributed by atoms with Gasteiger partial charge in [0.15, 0.2) is 5.69 Å². The van der Waals surface area contributed by atoms with E-state index in [-0.39, 0.29) is 23.5 Å². The second-order valence-corrected chi connectivity index (χ2v) is 6.85. The summed E-state index contributed by atoms with van der Waals surface area (Å²) in [6.45, 7) is 5.01. The van der Waals surface area contributed by atoms with Gasteiger partial charge in [0.1, 0.15) is 5.76 Å². The summed E-state index contributed by atoms with van der Waals surface area (Å²) in [5.74, 6) is 0.556. The third-order valence-corrected chi connectivity index (χ3v) is 5.32. The number of ether oxygens (including phenoxy) is 1. The predicted octanol–water partition coefficient (Wildman–Crippen LogP) is 1.90. The van der Waals surface area contributed by atoms with Gasteiger partial charge in [0.05, 0.1) is 18.3 Å². The number of aryl methyl sites for hydroxylation is 1. The average Bonchev–Trinajstić information content (AvgIpc) is 2.99. The van der Waals surface area contributed by atoms with Gasteiger partial charge in [-0.1, -0.05) is 12.1 Å². The Balaban J connectivity index is 1.84. The minimum Gasteiger partial charge on any atom is -0.393 e. The van der Waals surface area contributed by atoms with Crippen LogP contribution >= 0.6 is 0 Å². The highest BCUT2D eigenvalue weighted by atomic mass is 16.5. The number of carbonyl (C=O) groups is 1. The predicted molar refractivity (Wildman–Crippen MR) is 79.4 cm³/mol. The van der Waals surface area contributed by atoms with Crippen LogP contribution in [0.1, 0.15) is 54.4 Å². The van der Waals surface area contributed by atoms with Gasteiger partial charge in [-0.15, -0.1) is 0 Å². The van der Waals surface area contributed by atoms with Crippen LogP contribution < -0.4 is 0 Å². The number of rotatable bonds is 3. The number of carbonyl (C=O) groups excluding carboxylic acids is 1. The highest BCUT2D eigenvalue weighted by molar-refractivity contribution is 5.94. The Kier molecular flexibility index (Phi) is 3.99. The van der Waals surface area contributed by atoms with Crippen molar-refractivity contribution in [3.8, 4) is 0 Å². The van der Waals surface area contributed by atoms with Crippen molar-refractivity contribution in [3.63, 3.8) is 0 Å². The maximum atomic E-state index is 12.9. The standard InChI is InChI=1S/C16H24N2O4/c1-10-12(9-21-3)14(17-22-10)15(20)18-7-6-16(2)8-11(19)4-5-13(16)18/h11,13,19H,4-9H2,1-3H3/t11-,13-,16+/m1/s1. The Labute approximate surface area is 130 Å². The van der Waals surface area contributed by atoms with Crippen molar-refractivity contribution in [2.24, 2.45) is 5.41 Å². The Bertz CT molecular complexity index is 570. The summed E-state index contributed by atoms with van der Waals surface area (Å²) >= 11 is 0. The molecule has 2 heterocycles. The zero-order chi connectivity index (χ0) is 15.9. The van der Waals surface area contributed by atoms with Crippen LogP contribution in [0.4, 0.5) is 0 Å². The van der Waals surface area contributed by atoms with Crippen LogP contribution in [0.3, 0.4) is 0 Å². The number of fused-ring (bicyclic) bond motifs is 1. The number of aliphatic hydroxyl groups is 1. The van der Waals surface area contributed by atoms with Gasteiger partial charge >= 0.3 is 0 Å². The fourth-order valence-electron chi connectivity index (χ4n) is 4.06. The number of methoxy groups -OCH3 is 1. The molecule has 0 radical (unpaired) electrons. The van der Waals surface area contributed by atoms with Gasteiger partial charge in [-0.25, -0.2) is 0 Å². The summed E-state index contributed by atoms with van der Waals surface area (Å²) in [6, 6.07) is 0.177. The molecule has 22 heavy (non-hydrogen) atoms. The number of hydrogen-bond donors (Lipinski definition) is 1. The molecule has 1 aromatic heterocycles. The summed E-state index contributed by atoms with van der Waals surface area (Å²) in [5, 5.41) is 13.9. The van der Waals surface area contributed by atoms with Crippen molar-refractivity contribution in [1.82, 2.24) is 10.1 Å². The molecule has 122 valence electrons. The van der Waals surface area contributed by atoms with E-state index >= 15 is 0 Å². The molecule has 6 heteroatoms. The molecule has 3 rings (SSSR count). The minimum absolute atomic E-state index is 0.00747. The first-order chi connectivity index (χ1) is 10.5. The summed E-state index contributed by atoms with van der Waals surface area (Å²) in [4.78, 5) is 14.8. The minimum atomic E-state index is -0.241. The summed E-state index contributed by atoms with van der Waals surface area (Å²) in [7, 11) is 1.59. The molecule has 0 aromatic carbocycles. The first-order valence-electron chi connectivity index (χ1n) is 7.89. The molecular weight excluding hydrogens is 284 g/mol. The molecule has 1 aliphatic carbocycles. The molecule has 1 aromatic rings. The third-order valence-electron chi connectivity index (χ3n) is 5.32. The van der Waals surface area contributed by atoms with E-state index in [9.17, 15) is 9.90 Å². The van der Waals surface area contributed by atoms with Crippen LogP contribution in [0.25, 0.3) is 0 Å². The normalized spacial score (nSPS) is 31.4. The van der Waals surface area contributed by atoms with E-state index in [2.05, 4.69) is 12.1 Å². The highest BCUT2D eigenvalue weighted by Crippen LogP contribution is 2.47. The lowest BCUT2D eigenvalue weighted by Gasteiger charge is -2.41. The molecule has 2 fully saturated rings. The molecule has 1 saturated carbocycles. The van der Waals surface area contributed by atoms with E-state index in [1.165, 1.54) is 0 Å². The van der Waals surface area contributed by atoms with Crippen molar-refractivity contribution in [2.75, 3.05) is 13.7 Å². The largest absolute Gasteiger partial charge is 0.393 e. The van der Waals surface area contributed by atoms with Gasteiger partial charge < -0.3 is 19.3 Å². The smallest absolute Gasteiger partial charge is 0.276 e. The van der Waals surface area contributed by atoms with Crippen LogP contribution in [-0.4, -0.2) is 46.9 Å². The van der Waals surface area contributed by atoms with Crippen molar-refractivity contribution >= 4 is 5.91 Å². The lowest BCUT2D eigenvalue weighted by molar-refractivity contribution is 0.0206. The SMILES string of the molecule is COCc1c(C(=O)N2CC[C@@]3(C)C[C@H](O)CC[C@@H]23)noc1C. The van der Waals surface area contributed by atoms with Gasteiger partial charge in [-0.05, 0) is 38.0 Å². The lowest BCUT2D eigenvalue weighted by Crippen LogP contribution is -2.46. The molecule has 6 nitrogen and oxygen atoms in total. The molecular formula is C16H24N2O4. The maximum absolute atomic E-state index is 12.9. The van der Waals surface area contributed by atoms with Gasteiger partial charge in [0, 0.05) is 19.7 Å². The van der Waals surface area contributed by atoms with Crippen LogP contribution in [0.2, 0.25) is 0 Å². The van der Waals surface area contributed by atoms with Gasteiger partial charge in [0.2, 0.25) is 0 Å². The maximum Gasteiger partial charge on any atom is 0.276 e. The second kappa shape index (κ2) is 5.66. The van der Waals surface area contributed by atoms with E-state index in [0.29, 0.717) is 24.6 Å². The lowest BCUT2D eigenvalue weighted by atomic mass is 9.71. The Morgan fingerprint density at radius 3 is 3.05 bits per heavy atom. The van der Waals surface area contributed by atoms with Gasteiger partial charge in [0.25, 0.3) is 5.91 Å². The topological polar surface area (TPSA) is 75.8 Å². The Morgan fingerprint density at radius 1 is 1.55 bits per heavy atom. The number of likely N-dealkylation sites (tertiary alicyclic amines) is 1. The zero-order valence-electron chi connectivity index (χ0n) is 13.5. The summed E-state index contributed by atoms with van der Waals surface area (Å²) in [6.07, 6.45) is 3.06. The third kappa shape index (κ3) is 2.44. The summed E-state index contributed by atoms with van der Waals surface area (Å²) < 4.78 is 10.3. The number of hydrogen-bond acceptors (Lipinski definition) is 5. The number of aliphatic hydroxyl groups excluding tert-OH is 1. The van der Waals surface area contributed by atoms with E-state index in [0.717, 1.165) is 31.2 Å². The van der Waals surface area contributed by atoms with Crippen molar-refractivity contribution in [1.29, 1.82) is 0 Å². The van der Waals surface area contributed by atoms with E-state index in [4.69, 9.17) is 9.26 Å². The molecule has 1 aliphatic heterocycles. The van der Waals surface area contributed by atoms with Crippen LogP contribution in [0.15, 0.2) is 4.52 Å². The van der Waals surface area contributed by atoms with E-state index in [1.54, 1.807) is 14.0 Å². The van der Waals surface area contributed by atoms with E-state index < -0.39 is 0 Å². The molecule has 1 saturated heterocycles. The first-order valence-corrected chi connectivity index (χ1v) is 7.89. The quantitative estimate of drug-likeness (QED) is 0.923. The molecule has 2 aliphatic rings. The summed E-state index contributed by atoms with van der Waals surface area (Å²) in [5.41, 5.74) is 1.11. The number of aromatic nitrogens is 1. The van der Waals surface area contributed by atoms with E-state index in [1.807, 2.05) is 4.90 Å². The van der Waals surface area contributed by atoms with Crippen LogP contribution in [0.5, 0.6) is 0 Å². The van der Waals surface area contributed by atoms with Crippen LogP contribution in [-0.2, 0) is 11.3 Å². The zero-order valence-corrected chi connectivity index (χ0v) is 13.5. The fourth-order valence-corrected chi connectivity index (χ4v) is 4.06. The van der Waals surface area contributed by atoms with Crippen molar-refractivity contribution in [2.45, 2.75) is 58.3 Å². The Morgan fingerprint density at radius 2 is 2.32 bits per heavy atom. The molecule has 1 N–H and O–H groups in total. The van der Waals surface area contributed by atoms with Crippen molar-refractivity contribution < 1.29 is 19.2 Å². The van der Waals surface area contributed by atoms with Gasteiger partial charge in [-0.2, -0.15) is 0 Å². The molecule has 3 atom stereocenters. The monoisotopic (exact) mass is 308 g/mol. The van der Waals surface area contributed by atoms with Gasteiger partial charge in [-0.3, -0.25) is 4.79 Å². The molecule has 1 amide bonds. The average molecular weight is 308 g/mol. The van der Waals surface area contributed by atoms with Crippen LogP contribution in [0, 0.1) is 12.3 Å². The first kappa shape index (κ1) is 15.5. The molecule has 0 bridgehead atoms. The fraction of sp³-hybridized carbons (Fsp3) is 0.750. The molecule has 0 spiro atoms. The second-order valence-electron chi connectivity index (χ2n) is 6.85. The highest BCUT2D eigenvalue weighted by Gasteiger charge is 2.49. The molecule has 0 unspecified atom stereocenters. The number of amides is 1. The number of nitrogens with zero attached hydrogens (tertiary/aromatic N) is 2. The Hall–Kier alpha value is -1.40.